The number of carbonyl (C=O) groups excluding carboxylic acids is 1. The standard InChI is InChI=1S/C20H36O2/c1-3-5-6-7-8-9-10-11-12-13-14-15-16-17-18-19-20(21)22-4-2/h3-10,13-19H2,1-2H3. The van der Waals surface area contributed by atoms with Gasteiger partial charge in [0.05, 0.1) is 6.61 Å². The van der Waals surface area contributed by atoms with Crippen molar-refractivity contribution in [2.75, 3.05) is 6.61 Å². The van der Waals surface area contributed by atoms with Crippen molar-refractivity contribution in [2.24, 2.45) is 0 Å². The quantitative estimate of drug-likeness (QED) is 0.222. The lowest BCUT2D eigenvalue weighted by molar-refractivity contribution is -0.143. The Morgan fingerprint density at radius 1 is 0.727 bits per heavy atom. The van der Waals surface area contributed by atoms with Gasteiger partial charge in [0.25, 0.3) is 0 Å². The first kappa shape index (κ1) is 21.0. The highest BCUT2D eigenvalue weighted by Gasteiger charge is 2.00. The number of unbranched alkanes of at least 4 members (excludes halogenated alkanes) is 11. The van der Waals surface area contributed by atoms with Crippen molar-refractivity contribution in [1.82, 2.24) is 0 Å². The number of esters is 1. The first-order valence-corrected chi connectivity index (χ1v) is 9.42. The molecule has 0 spiro atoms. The van der Waals surface area contributed by atoms with Crippen LogP contribution in [-0.4, -0.2) is 12.6 Å². The molecule has 0 aromatic rings. The van der Waals surface area contributed by atoms with Gasteiger partial charge in [0.15, 0.2) is 0 Å². The van der Waals surface area contributed by atoms with Crippen molar-refractivity contribution >= 4 is 5.97 Å². The Morgan fingerprint density at radius 2 is 1.23 bits per heavy atom. The lowest BCUT2D eigenvalue weighted by atomic mass is 10.1. The van der Waals surface area contributed by atoms with Crippen LogP contribution in [0.25, 0.3) is 0 Å². The second kappa shape index (κ2) is 18.1. The molecule has 0 amide bonds. The smallest absolute Gasteiger partial charge is 0.305 e. The molecule has 0 atom stereocenters. The van der Waals surface area contributed by atoms with Gasteiger partial charge in [-0.2, -0.15) is 0 Å². The van der Waals surface area contributed by atoms with Crippen molar-refractivity contribution in [1.29, 1.82) is 0 Å². The molecular weight excluding hydrogens is 272 g/mol. The van der Waals surface area contributed by atoms with E-state index in [1.54, 1.807) is 0 Å². The summed E-state index contributed by atoms with van der Waals surface area (Å²) in [6.07, 6.45) is 16.5. The minimum atomic E-state index is -0.0527. The minimum absolute atomic E-state index is 0.0527. The number of carbonyl (C=O) groups is 1. The molecule has 0 saturated carbocycles. The van der Waals surface area contributed by atoms with Gasteiger partial charge in [-0.1, -0.05) is 58.3 Å². The van der Waals surface area contributed by atoms with Crippen molar-refractivity contribution in [3.8, 4) is 11.8 Å². The molecule has 0 rings (SSSR count). The highest BCUT2D eigenvalue weighted by atomic mass is 16.5. The van der Waals surface area contributed by atoms with Gasteiger partial charge in [0, 0.05) is 19.3 Å². The normalized spacial score (nSPS) is 10.1. The predicted octanol–water partition coefficient (Wildman–Crippen LogP) is 6.03. The van der Waals surface area contributed by atoms with Gasteiger partial charge in [-0.3, -0.25) is 4.79 Å². The van der Waals surface area contributed by atoms with Crippen LogP contribution < -0.4 is 0 Å². The summed E-state index contributed by atoms with van der Waals surface area (Å²) in [5.41, 5.74) is 0. The van der Waals surface area contributed by atoms with Gasteiger partial charge in [-0.15, -0.1) is 11.8 Å². The predicted molar refractivity (Wildman–Crippen MR) is 94.7 cm³/mol. The van der Waals surface area contributed by atoms with E-state index in [1.165, 1.54) is 57.8 Å². The van der Waals surface area contributed by atoms with Crippen LogP contribution in [0.1, 0.15) is 104 Å². The molecule has 0 aliphatic rings. The van der Waals surface area contributed by atoms with Crippen molar-refractivity contribution < 1.29 is 9.53 Å². The van der Waals surface area contributed by atoms with Crippen LogP contribution in [0.2, 0.25) is 0 Å². The molecule has 0 heterocycles. The van der Waals surface area contributed by atoms with E-state index in [2.05, 4.69) is 18.8 Å². The van der Waals surface area contributed by atoms with E-state index in [-0.39, 0.29) is 5.97 Å². The lowest BCUT2D eigenvalue weighted by Crippen LogP contribution is -2.03. The number of hydrogen-bond acceptors (Lipinski definition) is 2. The summed E-state index contributed by atoms with van der Waals surface area (Å²) in [6, 6.07) is 0. The van der Waals surface area contributed by atoms with E-state index in [1.807, 2.05) is 6.92 Å². The Labute approximate surface area is 138 Å². The average Bonchev–Trinajstić information content (AvgIpc) is 2.51. The van der Waals surface area contributed by atoms with Gasteiger partial charge in [0.2, 0.25) is 0 Å². The molecule has 0 N–H and O–H groups in total. The summed E-state index contributed by atoms with van der Waals surface area (Å²) in [5, 5.41) is 0. The second-order valence-corrected chi connectivity index (χ2v) is 5.94. The molecule has 0 aliphatic carbocycles. The minimum Gasteiger partial charge on any atom is -0.466 e. The molecule has 128 valence electrons. The van der Waals surface area contributed by atoms with E-state index >= 15 is 0 Å². The monoisotopic (exact) mass is 308 g/mol. The third-order valence-electron chi connectivity index (χ3n) is 3.77. The van der Waals surface area contributed by atoms with Crippen molar-refractivity contribution in [2.45, 2.75) is 104 Å². The van der Waals surface area contributed by atoms with Crippen molar-refractivity contribution in [3.63, 3.8) is 0 Å². The maximum absolute atomic E-state index is 11.1. The van der Waals surface area contributed by atoms with Crippen LogP contribution in [0, 0.1) is 11.8 Å². The fourth-order valence-electron chi connectivity index (χ4n) is 2.42. The SMILES string of the molecule is CCCCCCCCC#CCCCCCCCC(=O)OCC. The third kappa shape index (κ3) is 17.1. The summed E-state index contributed by atoms with van der Waals surface area (Å²) < 4.78 is 4.90. The summed E-state index contributed by atoms with van der Waals surface area (Å²) in [5.74, 6) is 6.53. The molecule has 2 nitrogen and oxygen atoms in total. The summed E-state index contributed by atoms with van der Waals surface area (Å²) in [6.45, 7) is 4.60. The Bertz CT molecular complexity index is 299. The third-order valence-corrected chi connectivity index (χ3v) is 3.77. The lowest BCUT2D eigenvalue weighted by Gasteiger charge is -2.01. The van der Waals surface area contributed by atoms with Gasteiger partial charge < -0.3 is 4.74 Å². The van der Waals surface area contributed by atoms with E-state index in [4.69, 9.17) is 4.74 Å². The fourth-order valence-corrected chi connectivity index (χ4v) is 2.42. The number of rotatable bonds is 14. The molecule has 0 aromatic carbocycles. The highest BCUT2D eigenvalue weighted by molar-refractivity contribution is 5.69. The van der Waals surface area contributed by atoms with E-state index < -0.39 is 0 Å². The van der Waals surface area contributed by atoms with Crippen LogP contribution in [-0.2, 0) is 9.53 Å². The first-order chi connectivity index (χ1) is 10.8. The molecule has 0 fully saturated rings. The topological polar surface area (TPSA) is 26.3 Å². The molecule has 0 unspecified atom stereocenters. The Balaban J connectivity index is 3.17. The van der Waals surface area contributed by atoms with Gasteiger partial charge >= 0.3 is 5.97 Å². The molecule has 0 bridgehead atoms. The van der Waals surface area contributed by atoms with E-state index in [9.17, 15) is 4.79 Å². The van der Waals surface area contributed by atoms with Crippen LogP contribution in [0.5, 0.6) is 0 Å². The van der Waals surface area contributed by atoms with Crippen molar-refractivity contribution in [3.05, 3.63) is 0 Å². The van der Waals surface area contributed by atoms with E-state index in [0.29, 0.717) is 13.0 Å². The van der Waals surface area contributed by atoms with Gasteiger partial charge in [0.1, 0.15) is 0 Å². The fraction of sp³-hybridized carbons (Fsp3) is 0.850. The van der Waals surface area contributed by atoms with Gasteiger partial charge in [-0.25, -0.2) is 0 Å². The van der Waals surface area contributed by atoms with Crippen LogP contribution in [0.3, 0.4) is 0 Å². The highest BCUT2D eigenvalue weighted by Crippen LogP contribution is 2.08. The molecule has 0 aromatic heterocycles. The molecule has 0 radical (unpaired) electrons. The summed E-state index contributed by atoms with van der Waals surface area (Å²) >= 11 is 0. The Kier molecular flexibility index (Phi) is 17.3. The zero-order valence-corrected chi connectivity index (χ0v) is 14.9. The largest absolute Gasteiger partial charge is 0.466 e. The maximum Gasteiger partial charge on any atom is 0.305 e. The molecule has 0 saturated heterocycles. The summed E-state index contributed by atoms with van der Waals surface area (Å²) in [4.78, 5) is 11.1. The summed E-state index contributed by atoms with van der Waals surface area (Å²) in [7, 11) is 0. The number of ether oxygens (including phenoxy) is 1. The average molecular weight is 309 g/mol. The maximum atomic E-state index is 11.1. The zero-order valence-electron chi connectivity index (χ0n) is 14.9. The molecule has 2 heteroatoms. The molecular formula is C20H36O2. The Morgan fingerprint density at radius 3 is 1.77 bits per heavy atom. The van der Waals surface area contributed by atoms with E-state index in [0.717, 1.165) is 25.7 Å². The molecule has 22 heavy (non-hydrogen) atoms. The van der Waals surface area contributed by atoms with Crippen LogP contribution in [0.4, 0.5) is 0 Å². The second-order valence-electron chi connectivity index (χ2n) is 5.94. The zero-order chi connectivity index (χ0) is 16.3. The Hall–Kier alpha value is -0.970. The van der Waals surface area contributed by atoms with Crippen LogP contribution >= 0.6 is 0 Å². The number of hydrogen-bond donors (Lipinski definition) is 0. The van der Waals surface area contributed by atoms with Crippen LogP contribution in [0.15, 0.2) is 0 Å². The molecule has 0 aliphatic heterocycles. The first-order valence-electron chi connectivity index (χ1n) is 9.42. The van der Waals surface area contributed by atoms with Gasteiger partial charge in [-0.05, 0) is 26.2 Å².